The van der Waals surface area contributed by atoms with Crippen LogP contribution >= 0.6 is 11.6 Å². The summed E-state index contributed by atoms with van der Waals surface area (Å²) in [4.78, 5) is 10.2. The van der Waals surface area contributed by atoms with Crippen LogP contribution in [0.1, 0.15) is 5.56 Å². The maximum Gasteiger partial charge on any atom is 0.310 e. The Hall–Kier alpha value is -1.33. The van der Waals surface area contributed by atoms with Crippen LogP contribution in [0.2, 0.25) is 0 Å². The second kappa shape index (κ2) is 5.67. The Labute approximate surface area is 97.8 Å². The summed E-state index contributed by atoms with van der Waals surface area (Å²) in [7, 11) is 0. The molecule has 88 valence electrons. The van der Waals surface area contributed by atoms with E-state index < -0.39 is 11.0 Å². The molecule has 0 saturated carbocycles. The number of nitro groups is 1. The zero-order valence-corrected chi connectivity index (χ0v) is 9.48. The lowest BCUT2D eigenvalue weighted by molar-refractivity contribution is -0.385. The van der Waals surface area contributed by atoms with E-state index in [2.05, 4.69) is 0 Å². The number of aliphatic hydroxyl groups is 1. The lowest BCUT2D eigenvalue weighted by Gasteiger charge is -2.10. The van der Waals surface area contributed by atoms with Gasteiger partial charge in [0.25, 0.3) is 0 Å². The van der Waals surface area contributed by atoms with E-state index in [9.17, 15) is 15.2 Å². The van der Waals surface area contributed by atoms with Crippen LogP contribution in [-0.2, 0) is 0 Å². The van der Waals surface area contributed by atoms with E-state index >= 15 is 0 Å². The molecule has 0 bridgehead atoms. The van der Waals surface area contributed by atoms with Crippen LogP contribution in [0, 0.1) is 17.0 Å². The predicted molar refractivity (Wildman–Crippen MR) is 60.1 cm³/mol. The Morgan fingerprint density at radius 3 is 2.88 bits per heavy atom. The molecular weight excluding hydrogens is 234 g/mol. The molecule has 6 heteroatoms. The number of nitrogens with zero attached hydrogens (tertiary/aromatic N) is 1. The van der Waals surface area contributed by atoms with Crippen molar-refractivity contribution in [2.75, 3.05) is 12.5 Å². The number of aryl methyl sites for hydroxylation is 1. The third-order valence-electron chi connectivity index (χ3n) is 1.92. The number of alkyl halides is 1. The molecule has 0 amide bonds. The van der Waals surface area contributed by atoms with E-state index in [0.29, 0.717) is 0 Å². The van der Waals surface area contributed by atoms with Gasteiger partial charge in [-0.1, -0.05) is 6.07 Å². The first-order valence-electron chi connectivity index (χ1n) is 4.66. The van der Waals surface area contributed by atoms with Gasteiger partial charge >= 0.3 is 5.69 Å². The Morgan fingerprint density at radius 2 is 2.31 bits per heavy atom. The van der Waals surface area contributed by atoms with Crippen molar-refractivity contribution in [3.05, 3.63) is 33.9 Å². The molecule has 0 fully saturated rings. The standard InChI is InChI=1S/C10H12ClNO4/c1-7-2-3-9(12(14)15)10(4-7)16-6-8(13)5-11/h2-4,8,13H,5-6H2,1H3. The summed E-state index contributed by atoms with van der Waals surface area (Å²) in [5.41, 5.74) is 0.730. The van der Waals surface area contributed by atoms with Crippen molar-refractivity contribution in [3.63, 3.8) is 0 Å². The Kier molecular flexibility index (Phi) is 4.52. The minimum atomic E-state index is -0.832. The minimum absolute atomic E-state index is 0.0274. The molecule has 0 aliphatic carbocycles. The molecular formula is C10H12ClNO4. The maximum atomic E-state index is 10.7. The van der Waals surface area contributed by atoms with Gasteiger partial charge in [0.2, 0.25) is 0 Å². The molecule has 0 aliphatic heterocycles. The quantitative estimate of drug-likeness (QED) is 0.488. The van der Waals surface area contributed by atoms with Crippen LogP contribution in [-0.4, -0.2) is 28.6 Å². The van der Waals surface area contributed by atoms with Crippen molar-refractivity contribution in [2.45, 2.75) is 13.0 Å². The molecule has 0 saturated heterocycles. The average molecular weight is 246 g/mol. The summed E-state index contributed by atoms with van der Waals surface area (Å²) < 4.78 is 5.16. The van der Waals surface area contributed by atoms with Crippen LogP contribution in [0.15, 0.2) is 18.2 Å². The SMILES string of the molecule is Cc1ccc([N+](=O)[O-])c(OCC(O)CCl)c1. The smallest absolute Gasteiger partial charge is 0.310 e. The fourth-order valence-corrected chi connectivity index (χ4v) is 1.21. The van der Waals surface area contributed by atoms with Gasteiger partial charge in [-0.2, -0.15) is 0 Å². The first kappa shape index (κ1) is 12.7. The van der Waals surface area contributed by atoms with E-state index in [1.165, 1.54) is 6.07 Å². The minimum Gasteiger partial charge on any atom is -0.484 e. The van der Waals surface area contributed by atoms with E-state index in [-0.39, 0.29) is 23.9 Å². The zero-order chi connectivity index (χ0) is 12.1. The van der Waals surface area contributed by atoms with E-state index in [0.717, 1.165) is 5.56 Å². The lowest BCUT2D eigenvalue weighted by Crippen LogP contribution is -2.19. The third-order valence-corrected chi connectivity index (χ3v) is 2.28. The fraction of sp³-hybridized carbons (Fsp3) is 0.400. The number of benzene rings is 1. The van der Waals surface area contributed by atoms with Crippen molar-refractivity contribution in [1.29, 1.82) is 0 Å². The summed E-state index contributed by atoms with van der Waals surface area (Å²) in [6, 6.07) is 4.56. The van der Waals surface area contributed by atoms with Crippen LogP contribution in [0.4, 0.5) is 5.69 Å². The second-order valence-electron chi connectivity index (χ2n) is 3.35. The predicted octanol–water partition coefficient (Wildman–Crippen LogP) is 1.88. The number of hydrogen-bond donors (Lipinski definition) is 1. The average Bonchev–Trinajstić information content (AvgIpc) is 2.25. The van der Waals surface area contributed by atoms with Crippen molar-refractivity contribution >= 4 is 17.3 Å². The molecule has 1 aromatic rings. The van der Waals surface area contributed by atoms with Crippen LogP contribution in [0.5, 0.6) is 5.75 Å². The maximum absolute atomic E-state index is 10.7. The molecule has 1 unspecified atom stereocenters. The summed E-state index contributed by atoms with van der Waals surface area (Å²) in [6.07, 6.45) is -0.832. The van der Waals surface area contributed by atoms with E-state index in [4.69, 9.17) is 16.3 Å². The first-order valence-corrected chi connectivity index (χ1v) is 5.20. The molecule has 5 nitrogen and oxygen atoms in total. The van der Waals surface area contributed by atoms with Gasteiger partial charge in [0.1, 0.15) is 12.7 Å². The molecule has 1 N–H and O–H groups in total. The van der Waals surface area contributed by atoms with Crippen molar-refractivity contribution in [2.24, 2.45) is 0 Å². The molecule has 16 heavy (non-hydrogen) atoms. The van der Waals surface area contributed by atoms with Gasteiger partial charge in [-0.05, 0) is 18.6 Å². The van der Waals surface area contributed by atoms with Gasteiger partial charge in [-0.25, -0.2) is 0 Å². The van der Waals surface area contributed by atoms with Gasteiger partial charge in [0, 0.05) is 6.07 Å². The lowest BCUT2D eigenvalue weighted by atomic mass is 10.2. The first-order chi connectivity index (χ1) is 7.54. The second-order valence-corrected chi connectivity index (χ2v) is 3.66. The fourth-order valence-electron chi connectivity index (χ4n) is 1.12. The van der Waals surface area contributed by atoms with Crippen molar-refractivity contribution in [1.82, 2.24) is 0 Å². The molecule has 0 aliphatic rings. The number of halogens is 1. The highest BCUT2D eigenvalue weighted by atomic mass is 35.5. The highest BCUT2D eigenvalue weighted by Crippen LogP contribution is 2.27. The van der Waals surface area contributed by atoms with Gasteiger partial charge in [0.05, 0.1) is 10.8 Å². The number of ether oxygens (including phenoxy) is 1. The molecule has 0 heterocycles. The van der Waals surface area contributed by atoms with Crippen molar-refractivity contribution < 1.29 is 14.8 Å². The molecule has 0 aromatic heterocycles. The molecule has 0 radical (unpaired) electrons. The normalized spacial score (nSPS) is 12.2. The molecule has 0 spiro atoms. The number of hydrogen-bond acceptors (Lipinski definition) is 4. The van der Waals surface area contributed by atoms with Crippen molar-refractivity contribution in [3.8, 4) is 5.75 Å². The zero-order valence-electron chi connectivity index (χ0n) is 8.72. The summed E-state index contributed by atoms with van der Waals surface area (Å²) in [5.74, 6) is 0.175. The monoisotopic (exact) mass is 245 g/mol. The van der Waals surface area contributed by atoms with Gasteiger partial charge < -0.3 is 9.84 Å². The van der Waals surface area contributed by atoms with E-state index in [1.807, 2.05) is 0 Å². The topological polar surface area (TPSA) is 72.6 Å². The molecule has 1 aromatic carbocycles. The Bertz CT molecular complexity index is 383. The molecule has 1 rings (SSSR count). The Balaban J connectivity index is 2.84. The highest BCUT2D eigenvalue weighted by molar-refractivity contribution is 6.18. The largest absolute Gasteiger partial charge is 0.484 e. The van der Waals surface area contributed by atoms with Gasteiger partial charge in [-0.15, -0.1) is 11.6 Å². The highest BCUT2D eigenvalue weighted by Gasteiger charge is 2.15. The van der Waals surface area contributed by atoms with Crippen LogP contribution < -0.4 is 4.74 Å². The number of nitro benzene ring substituents is 1. The van der Waals surface area contributed by atoms with Crippen LogP contribution in [0.25, 0.3) is 0 Å². The third kappa shape index (κ3) is 3.36. The Morgan fingerprint density at radius 1 is 1.62 bits per heavy atom. The van der Waals surface area contributed by atoms with E-state index in [1.54, 1.807) is 19.1 Å². The summed E-state index contributed by atoms with van der Waals surface area (Å²) >= 11 is 5.39. The van der Waals surface area contributed by atoms with Gasteiger partial charge in [0.15, 0.2) is 5.75 Å². The van der Waals surface area contributed by atoms with Crippen LogP contribution in [0.3, 0.4) is 0 Å². The summed E-state index contributed by atoms with van der Waals surface area (Å²) in [5, 5.41) is 19.9. The van der Waals surface area contributed by atoms with Gasteiger partial charge in [-0.3, -0.25) is 10.1 Å². The summed E-state index contributed by atoms with van der Waals surface area (Å²) in [6.45, 7) is 1.74. The number of aliphatic hydroxyl groups excluding tert-OH is 1. The number of rotatable bonds is 5. The molecule has 1 atom stereocenters.